The lowest BCUT2D eigenvalue weighted by molar-refractivity contribution is 0.0995. The van der Waals surface area contributed by atoms with Crippen molar-refractivity contribution in [3.63, 3.8) is 0 Å². The second-order valence-corrected chi connectivity index (χ2v) is 6.19. The van der Waals surface area contributed by atoms with Crippen molar-refractivity contribution >= 4 is 21.6 Å². The SMILES string of the molecule is NC(=O)c1cccc(N2CCS(=O)(=O)CC2)n1. The largest absolute Gasteiger partial charge is 0.364 e. The molecule has 1 fully saturated rings. The van der Waals surface area contributed by atoms with Gasteiger partial charge in [-0.1, -0.05) is 6.07 Å². The fourth-order valence-corrected chi connectivity index (χ4v) is 2.88. The smallest absolute Gasteiger partial charge is 0.267 e. The van der Waals surface area contributed by atoms with E-state index in [4.69, 9.17) is 5.73 Å². The molecule has 2 heterocycles. The predicted octanol–water partition coefficient (Wildman–Crippen LogP) is -0.585. The van der Waals surface area contributed by atoms with Crippen LogP contribution in [0.5, 0.6) is 0 Å². The molecule has 0 unspecified atom stereocenters. The first kappa shape index (κ1) is 11.8. The molecule has 0 spiro atoms. The van der Waals surface area contributed by atoms with Gasteiger partial charge in [0.2, 0.25) is 0 Å². The second-order valence-electron chi connectivity index (χ2n) is 3.88. The van der Waals surface area contributed by atoms with Crippen molar-refractivity contribution in [2.24, 2.45) is 5.73 Å². The first-order valence-electron chi connectivity index (χ1n) is 5.20. The highest BCUT2D eigenvalue weighted by atomic mass is 32.2. The van der Waals surface area contributed by atoms with Crippen LogP contribution in [0.25, 0.3) is 0 Å². The van der Waals surface area contributed by atoms with E-state index >= 15 is 0 Å². The number of nitrogens with zero attached hydrogens (tertiary/aromatic N) is 2. The Morgan fingerprint density at radius 3 is 2.53 bits per heavy atom. The van der Waals surface area contributed by atoms with Crippen molar-refractivity contribution < 1.29 is 13.2 Å². The van der Waals surface area contributed by atoms with Crippen LogP contribution in [0.3, 0.4) is 0 Å². The Balaban J connectivity index is 2.18. The van der Waals surface area contributed by atoms with E-state index in [9.17, 15) is 13.2 Å². The maximum absolute atomic E-state index is 11.3. The summed E-state index contributed by atoms with van der Waals surface area (Å²) in [6.45, 7) is 0.801. The molecular formula is C10H13N3O3S. The van der Waals surface area contributed by atoms with Gasteiger partial charge in [0.1, 0.15) is 11.5 Å². The zero-order chi connectivity index (χ0) is 12.5. The topological polar surface area (TPSA) is 93.4 Å². The molecule has 0 aliphatic carbocycles. The molecule has 17 heavy (non-hydrogen) atoms. The average molecular weight is 255 g/mol. The van der Waals surface area contributed by atoms with Gasteiger partial charge < -0.3 is 10.6 Å². The van der Waals surface area contributed by atoms with E-state index in [2.05, 4.69) is 4.98 Å². The summed E-state index contributed by atoms with van der Waals surface area (Å²) < 4.78 is 22.6. The van der Waals surface area contributed by atoms with E-state index in [1.54, 1.807) is 12.1 Å². The molecule has 1 aliphatic heterocycles. The summed E-state index contributed by atoms with van der Waals surface area (Å²) in [7, 11) is -2.91. The van der Waals surface area contributed by atoms with Crippen molar-refractivity contribution in [1.82, 2.24) is 4.98 Å². The quantitative estimate of drug-likeness (QED) is 0.762. The molecule has 0 radical (unpaired) electrons. The average Bonchev–Trinajstić information content (AvgIpc) is 2.29. The number of anilines is 1. The Morgan fingerprint density at radius 1 is 1.29 bits per heavy atom. The van der Waals surface area contributed by atoms with E-state index in [1.165, 1.54) is 6.07 Å². The van der Waals surface area contributed by atoms with Crippen molar-refractivity contribution in [3.8, 4) is 0 Å². The van der Waals surface area contributed by atoms with Crippen LogP contribution in [-0.2, 0) is 9.84 Å². The Labute approximate surface area is 99.4 Å². The molecule has 0 bridgehead atoms. The second kappa shape index (κ2) is 4.33. The zero-order valence-electron chi connectivity index (χ0n) is 9.17. The van der Waals surface area contributed by atoms with Gasteiger partial charge in [0.15, 0.2) is 9.84 Å². The van der Waals surface area contributed by atoms with E-state index in [0.29, 0.717) is 18.9 Å². The number of nitrogens with two attached hydrogens (primary N) is 1. The van der Waals surface area contributed by atoms with E-state index < -0.39 is 15.7 Å². The van der Waals surface area contributed by atoms with E-state index in [1.807, 2.05) is 4.90 Å². The van der Waals surface area contributed by atoms with Crippen LogP contribution in [0, 0.1) is 0 Å². The van der Waals surface area contributed by atoms with E-state index in [-0.39, 0.29) is 17.2 Å². The molecule has 2 rings (SSSR count). The number of hydrogen-bond donors (Lipinski definition) is 1. The molecule has 1 saturated heterocycles. The molecule has 0 saturated carbocycles. The van der Waals surface area contributed by atoms with Gasteiger partial charge in [0.05, 0.1) is 11.5 Å². The summed E-state index contributed by atoms with van der Waals surface area (Å²) in [5, 5.41) is 0. The van der Waals surface area contributed by atoms with Crippen LogP contribution < -0.4 is 10.6 Å². The third-order valence-corrected chi connectivity index (χ3v) is 4.26. The first-order chi connectivity index (χ1) is 7.98. The van der Waals surface area contributed by atoms with Crippen LogP contribution in [-0.4, -0.2) is 43.9 Å². The van der Waals surface area contributed by atoms with Crippen LogP contribution in [0.15, 0.2) is 18.2 Å². The van der Waals surface area contributed by atoms with Crippen molar-refractivity contribution in [1.29, 1.82) is 0 Å². The highest BCUT2D eigenvalue weighted by Gasteiger charge is 2.22. The number of carbonyl (C=O) groups is 1. The number of amides is 1. The van der Waals surface area contributed by atoms with Gasteiger partial charge in [-0.15, -0.1) is 0 Å². The van der Waals surface area contributed by atoms with Crippen molar-refractivity contribution in [2.45, 2.75) is 0 Å². The fraction of sp³-hybridized carbons (Fsp3) is 0.400. The van der Waals surface area contributed by atoms with Crippen molar-refractivity contribution in [2.75, 3.05) is 29.5 Å². The lowest BCUT2D eigenvalue weighted by Crippen LogP contribution is -2.40. The molecule has 2 N–H and O–H groups in total. The lowest BCUT2D eigenvalue weighted by Gasteiger charge is -2.27. The Kier molecular flexibility index (Phi) is 3.01. The summed E-state index contributed by atoms with van der Waals surface area (Å²) in [6, 6.07) is 4.96. The Morgan fingerprint density at radius 2 is 1.94 bits per heavy atom. The Hall–Kier alpha value is -1.63. The summed E-state index contributed by atoms with van der Waals surface area (Å²) in [5.74, 6) is 0.248. The summed E-state index contributed by atoms with van der Waals surface area (Å²) in [5.41, 5.74) is 5.33. The lowest BCUT2D eigenvalue weighted by atomic mass is 10.3. The molecule has 1 amide bonds. The number of hydrogen-bond acceptors (Lipinski definition) is 5. The minimum absolute atomic E-state index is 0.121. The number of aromatic nitrogens is 1. The summed E-state index contributed by atoms with van der Waals surface area (Å²) >= 11 is 0. The fourth-order valence-electron chi connectivity index (χ4n) is 1.68. The van der Waals surface area contributed by atoms with Crippen LogP contribution in [0.4, 0.5) is 5.82 Å². The van der Waals surface area contributed by atoms with Crippen LogP contribution in [0.1, 0.15) is 10.5 Å². The van der Waals surface area contributed by atoms with Gasteiger partial charge in [-0.3, -0.25) is 4.79 Å². The van der Waals surface area contributed by atoms with Gasteiger partial charge in [-0.25, -0.2) is 13.4 Å². The maximum Gasteiger partial charge on any atom is 0.267 e. The third-order valence-electron chi connectivity index (χ3n) is 2.66. The van der Waals surface area contributed by atoms with Gasteiger partial charge >= 0.3 is 0 Å². The van der Waals surface area contributed by atoms with Gasteiger partial charge in [0, 0.05) is 13.1 Å². The molecule has 7 heteroatoms. The first-order valence-corrected chi connectivity index (χ1v) is 7.02. The molecule has 1 aromatic heterocycles. The monoisotopic (exact) mass is 255 g/mol. The predicted molar refractivity (Wildman–Crippen MR) is 63.6 cm³/mol. The van der Waals surface area contributed by atoms with Gasteiger partial charge in [0.25, 0.3) is 5.91 Å². The zero-order valence-corrected chi connectivity index (χ0v) is 9.98. The standard InChI is InChI=1S/C10H13N3O3S/c11-10(14)8-2-1-3-9(12-8)13-4-6-17(15,16)7-5-13/h1-3H,4-7H2,(H2,11,14). The Bertz CT molecular complexity index is 527. The number of carbonyl (C=O) groups excluding carboxylic acids is 1. The van der Waals surface area contributed by atoms with E-state index in [0.717, 1.165) is 0 Å². The molecule has 92 valence electrons. The molecule has 1 aliphatic rings. The summed E-state index contributed by atoms with van der Waals surface area (Å²) in [6.07, 6.45) is 0. The minimum atomic E-state index is -2.91. The molecule has 0 aromatic carbocycles. The van der Waals surface area contributed by atoms with Gasteiger partial charge in [-0.05, 0) is 12.1 Å². The van der Waals surface area contributed by atoms with Crippen LogP contribution in [0.2, 0.25) is 0 Å². The summed E-state index contributed by atoms with van der Waals surface area (Å²) in [4.78, 5) is 16.9. The van der Waals surface area contributed by atoms with Gasteiger partial charge in [-0.2, -0.15) is 0 Å². The van der Waals surface area contributed by atoms with Crippen LogP contribution >= 0.6 is 0 Å². The number of sulfone groups is 1. The number of rotatable bonds is 2. The van der Waals surface area contributed by atoms with Crippen molar-refractivity contribution in [3.05, 3.63) is 23.9 Å². The number of primary amides is 1. The highest BCUT2D eigenvalue weighted by Crippen LogP contribution is 2.14. The number of pyridine rings is 1. The normalized spacial score (nSPS) is 18.9. The molecule has 0 atom stereocenters. The molecule has 6 nitrogen and oxygen atoms in total. The highest BCUT2D eigenvalue weighted by molar-refractivity contribution is 7.91. The molecule has 1 aromatic rings. The molecular weight excluding hydrogens is 242 g/mol. The minimum Gasteiger partial charge on any atom is -0.364 e. The maximum atomic E-state index is 11.3. The third kappa shape index (κ3) is 2.73.